The molecule has 24 heavy (non-hydrogen) atoms. The molecule has 1 aliphatic carbocycles. The van der Waals surface area contributed by atoms with E-state index < -0.39 is 5.67 Å². The molecule has 2 saturated heterocycles. The molecule has 4 nitrogen and oxygen atoms in total. The number of hydrogen-bond acceptors (Lipinski definition) is 4. The third-order valence-corrected chi connectivity index (χ3v) is 5.75. The van der Waals surface area contributed by atoms with E-state index in [0.717, 1.165) is 43.8 Å². The molecule has 1 saturated carbocycles. The summed E-state index contributed by atoms with van der Waals surface area (Å²) < 4.78 is 14.6. The van der Waals surface area contributed by atoms with Crippen LogP contribution in [0.1, 0.15) is 52.1 Å². The summed E-state index contributed by atoms with van der Waals surface area (Å²) in [6.45, 7) is 9.56. The Labute approximate surface area is 144 Å². The smallest absolute Gasteiger partial charge is 0.227 e. The molecule has 3 aliphatic rings. The molecule has 132 valence electrons. The lowest BCUT2D eigenvalue weighted by atomic mass is 9.87. The fourth-order valence-electron chi connectivity index (χ4n) is 4.04. The monoisotopic (exact) mass is 332 g/mol. The summed E-state index contributed by atoms with van der Waals surface area (Å²) in [5.74, 6) is 3.99. The number of nitrogens with zero attached hydrogens (tertiary/aromatic N) is 4. The average molecular weight is 332 g/mol. The quantitative estimate of drug-likeness (QED) is 0.840. The number of anilines is 2. The maximum atomic E-state index is 14.6. The largest absolute Gasteiger partial charge is 0.356 e. The van der Waals surface area contributed by atoms with Gasteiger partial charge in [-0.15, -0.1) is 0 Å². The number of alkyl halides is 1. The molecule has 3 fully saturated rings. The highest BCUT2D eigenvalue weighted by Crippen LogP contribution is 2.43. The van der Waals surface area contributed by atoms with Crippen molar-refractivity contribution in [2.75, 3.05) is 36.0 Å². The summed E-state index contributed by atoms with van der Waals surface area (Å²) in [6.07, 6.45) is 5.27. The average Bonchev–Trinajstić information content (AvgIpc) is 3.28. The van der Waals surface area contributed by atoms with E-state index in [9.17, 15) is 4.39 Å². The van der Waals surface area contributed by atoms with E-state index in [1.54, 1.807) is 13.8 Å². The Balaban J connectivity index is 1.65. The SMILES string of the molecule is CC1CC(C2CC2)CN(c2cc(C(C)(C)F)nc(N3CCC3)n2)C1. The molecule has 1 aromatic heterocycles. The number of hydrogen-bond donors (Lipinski definition) is 0. The summed E-state index contributed by atoms with van der Waals surface area (Å²) in [4.78, 5) is 13.9. The van der Waals surface area contributed by atoms with Crippen molar-refractivity contribution in [3.63, 3.8) is 0 Å². The van der Waals surface area contributed by atoms with Gasteiger partial charge >= 0.3 is 0 Å². The number of piperidine rings is 1. The first-order valence-electron chi connectivity index (χ1n) is 9.48. The van der Waals surface area contributed by atoms with Gasteiger partial charge in [-0.3, -0.25) is 0 Å². The number of aromatic nitrogens is 2. The van der Waals surface area contributed by atoms with Crippen LogP contribution in [-0.4, -0.2) is 36.1 Å². The van der Waals surface area contributed by atoms with E-state index in [1.165, 1.54) is 25.7 Å². The summed E-state index contributed by atoms with van der Waals surface area (Å²) in [5, 5.41) is 0. The van der Waals surface area contributed by atoms with Crippen LogP contribution in [0.5, 0.6) is 0 Å². The minimum atomic E-state index is -1.44. The van der Waals surface area contributed by atoms with E-state index in [4.69, 9.17) is 4.98 Å². The third kappa shape index (κ3) is 3.22. The van der Waals surface area contributed by atoms with Crippen molar-refractivity contribution in [3.8, 4) is 0 Å². The van der Waals surface area contributed by atoms with E-state index >= 15 is 0 Å². The van der Waals surface area contributed by atoms with Crippen molar-refractivity contribution in [1.82, 2.24) is 9.97 Å². The van der Waals surface area contributed by atoms with Crippen LogP contribution in [0.25, 0.3) is 0 Å². The Morgan fingerprint density at radius 3 is 2.42 bits per heavy atom. The second-order valence-corrected chi connectivity index (χ2v) is 8.57. The molecule has 2 unspecified atom stereocenters. The molecule has 2 atom stereocenters. The van der Waals surface area contributed by atoms with Crippen LogP contribution in [0.3, 0.4) is 0 Å². The molecular formula is C19H29FN4. The molecule has 5 heteroatoms. The molecule has 2 aliphatic heterocycles. The molecule has 0 amide bonds. The van der Waals surface area contributed by atoms with Gasteiger partial charge in [0.15, 0.2) is 0 Å². The zero-order valence-corrected chi connectivity index (χ0v) is 15.1. The highest BCUT2D eigenvalue weighted by molar-refractivity contribution is 5.48. The van der Waals surface area contributed by atoms with Crippen LogP contribution < -0.4 is 9.80 Å². The maximum absolute atomic E-state index is 14.6. The summed E-state index contributed by atoms with van der Waals surface area (Å²) in [6, 6.07) is 1.88. The predicted molar refractivity (Wildman–Crippen MR) is 95.2 cm³/mol. The molecule has 3 heterocycles. The van der Waals surface area contributed by atoms with Gasteiger partial charge in [-0.25, -0.2) is 9.37 Å². The molecule has 0 N–H and O–H groups in total. The maximum Gasteiger partial charge on any atom is 0.227 e. The Morgan fingerprint density at radius 2 is 1.83 bits per heavy atom. The second kappa shape index (κ2) is 5.85. The van der Waals surface area contributed by atoms with Gasteiger partial charge in [0.05, 0.1) is 5.69 Å². The Hall–Kier alpha value is -1.39. The van der Waals surface area contributed by atoms with E-state index in [0.29, 0.717) is 17.6 Å². The van der Waals surface area contributed by atoms with Gasteiger partial charge in [-0.2, -0.15) is 4.98 Å². The number of halogens is 1. The standard InChI is InChI=1S/C19H29FN4/c1-13-9-15(14-5-6-14)12-24(11-13)17-10-16(19(2,3)20)21-18(22-17)23-7-4-8-23/h10,13-15H,4-9,11-12H2,1-3H3. The highest BCUT2D eigenvalue weighted by Gasteiger charge is 2.37. The van der Waals surface area contributed by atoms with Gasteiger partial charge in [-0.1, -0.05) is 6.92 Å². The van der Waals surface area contributed by atoms with Gasteiger partial charge in [0.1, 0.15) is 11.5 Å². The summed E-state index contributed by atoms with van der Waals surface area (Å²) in [5.41, 5.74) is -0.926. The van der Waals surface area contributed by atoms with E-state index in [-0.39, 0.29) is 0 Å². The van der Waals surface area contributed by atoms with Gasteiger partial charge in [0.2, 0.25) is 5.95 Å². The van der Waals surface area contributed by atoms with Crippen molar-refractivity contribution in [3.05, 3.63) is 11.8 Å². The van der Waals surface area contributed by atoms with Crippen LogP contribution in [0.15, 0.2) is 6.07 Å². The minimum absolute atomic E-state index is 0.510. The summed E-state index contributed by atoms with van der Waals surface area (Å²) >= 11 is 0. The molecular weight excluding hydrogens is 303 g/mol. The Kier molecular flexibility index (Phi) is 3.92. The normalized spacial score (nSPS) is 28.0. The molecule has 0 radical (unpaired) electrons. The van der Waals surface area contributed by atoms with Crippen LogP contribution in [0.2, 0.25) is 0 Å². The minimum Gasteiger partial charge on any atom is -0.356 e. The molecule has 1 aromatic rings. The second-order valence-electron chi connectivity index (χ2n) is 8.57. The zero-order valence-electron chi connectivity index (χ0n) is 15.1. The first kappa shape index (κ1) is 16.1. The van der Waals surface area contributed by atoms with Gasteiger partial charge in [0.25, 0.3) is 0 Å². The first-order valence-corrected chi connectivity index (χ1v) is 9.48. The van der Waals surface area contributed by atoms with E-state index in [2.05, 4.69) is 21.7 Å². The topological polar surface area (TPSA) is 32.3 Å². The van der Waals surface area contributed by atoms with E-state index in [1.807, 2.05) is 6.07 Å². The summed E-state index contributed by atoms with van der Waals surface area (Å²) in [7, 11) is 0. The lowest BCUT2D eigenvalue weighted by molar-refractivity contribution is 0.214. The van der Waals surface area contributed by atoms with Crippen molar-refractivity contribution >= 4 is 11.8 Å². The lowest BCUT2D eigenvalue weighted by Gasteiger charge is -2.39. The van der Waals surface area contributed by atoms with Crippen molar-refractivity contribution < 1.29 is 4.39 Å². The Bertz CT molecular complexity index is 604. The van der Waals surface area contributed by atoms with Gasteiger partial charge < -0.3 is 9.80 Å². The number of rotatable bonds is 4. The molecule has 4 rings (SSSR count). The molecule has 0 spiro atoms. The fraction of sp³-hybridized carbons (Fsp3) is 0.789. The molecule has 0 bridgehead atoms. The van der Waals surface area contributed by atoms with Gasteiger partial charge in [0, 0.05) is 32.2 Å². The third-order valence-electron chi connectivity index (χ3n) is 5.75. The van der Waals surface area contributed by atoms with Crippen LogP contribution in [0, 0.1) is 17.8 Å². The van der Waals surface area contributed by atoms with Crippen LogP contribution in [-0.2, 0) is 5.67 Å². The molecule has 0 aromatic carbocycles. The van der Waals surface area contributed by atoms with Crippen LogP contribution >= 0.6 is 0 Å². The van der Waals surface area contributed by atoms with Gasteiger partial charge in [-0.05, 0) is 57.3 Å². The van der Waals surface area contributed by atoms with Crippen molar-refractivity contribution in [2.24, 2.45) is 17.8 Å². The Morgan fingerprint density at radius 1 is 1.08 bits per heavy atom. The van der Waals surface area contributed by atoms with Crippen molar-refractivity contribution in [2.45, 2.75) is 52.1 Å². The lowest BCUT2D eigenvalue weighted by Crippen LogP contribution is -2.42. The zero-order chi connectivity index (χ0) is 16.9. The van der Waals surface area contributed by atoms with Crippen molar-refractivity contribution in [1.29, 1.82) is 0 Å². The fourth-order valence-corrected chi connectivity index (χ4v) is 4.04. The van der Waals surface area contributed by atoms with Crippen LogP contribution in [0.4, 0.5) is 16.2 Å². The highest BCUT2D eigenvalue weighted by atomic mass is 19.1. The first-order chi connectivity index (χ1) is 11.4. The predicted octanol–water partition coefficient (Wildman–Crippen LogP) is 3.76.